The number of alkyl halides is 3. The molecule has 2 aromatic carbocycles. The maximum absolute atomic E-state index is 12.5. The molecular formula is C18H18F3NO2. The molecule has 24 heavy (non-hydrogen) atoms. The molecular weight excluding hydrogens is 319 g/mol. The van der Waals surface area contributed by atoms with Gasteiger partial charge in [-0.2, -0.15) is 13.2 Å². The van der Waals surface area contributed by atoms with Crippen LogP contribution in [-0.4, -0.2) is 12.0 Å². The lowest BCUT2D eigenvalue weighted by molar-refractivity contribution is -0.137. The van der Waals surface area contributed by atoms with E-state index in [0.717, 1.165) is 17.7 Å². The third-order valence-corrected chi connectivity index (χ3v) is 3.45. The van der Waals surface area contributed by atoms with Crippen molar-refractivity contribution >= 4 is 5.91 Å². The Hall–Kier alpha value is -2.50. The SMILES string of the molecule is Cc1ccc(OC(C)C(=O)NCc2ccc(C(F)(F)F)cc2)cc1. The number of hydrogen-bond donors (Lipinski definition) is 1. The Morgan fingerprint density at radius 2 is 1.67 bits per heavy atom. The van der Waals surface area contributed by atoms with E-state index >= 15 is 0 Å². The highest BCUT2D eigenvalue weighted by molar-refractivity contribution is 5.80. The van der Waals surface area contributed by atoms with Crippen molar-refractivity contribution in [3.8, 4) is 5.75 Å². The molecule has 1 N–H and O–H groups in total. The molecule has 0 spiro atoms. The molecule has 2 aromatic rings. The quantitative estimate of drug-likeness (QED) is 0.892. The van der Waals surface area contributed by atoms with Crippen LogP contribution in [0.25, 0.3) is 0 Å². The molecule has 1 atom stereocenters. The van der Waals surface area contributed by atoms with Gasteiger partial charge >= 0.3 is 6.18 Å². The van der Waals surface area contributed by atoms with Gasteiger partial charge in [-0.15, -0.1) is 0 Å². The molecule has 0 aliphatic rings. The zero-order valence-corrected chi connectivity index (χ0v) is 13.4. The van der Waals surface area contributed by atoms with E-state index < -0.39 is 17.8 Å². The summed E-state index contributed by atoms with van der Waals surface area (Å²) in [5.41, 5.74) is 0.953. The summed E-state index contributed by atoms with van der Waals surface area (Å²) in [6.45, 7) is 3.70. The predicted octanol–water partition coefficient (Wildman–Crippen LogP) is 4.10. The normalized spacial score (nSPS) is 12.5. The second-order valence-electron chi connectivity index (χ2n) is 5.49. The average Bonchev–Trinajstić information content (AvgIpc) is 2.54. The Kier molecular flexibility index (Phi) is 5.49. The van der Waals surface area contributed by atoms with Gasteiger partial charge in [-0.05, 0) is 43.7 Å². The van der Waals surface area contributed by atoms with Crippen LogP contribution in [0.3, 0.4) is 0 Å². The summed E-state index contributed by atoms with van der Waals surface area (Å²) in [4.78, 5) is 12.0. The van der Waals surface area contributed by atoms with Crippen LogP contribution in [0.4, 0.5) is 13.2 Å². The number of nitrogens with one attached hydrogen (secondary N) is 1. The molecule has 3 nitrogen and oxygen atoms in total. The van der Waals surface area contributed by atoms with Gasteiger partial charge in [-0.25, -0.2) is 0 Å². The molecule has 1 unspecified atom stereocenters. The van der Waals surface area contributed by atoms with E-state index in [0.29, 0.717) is 11.3 Å². The zero-order chi connectivity index (χ0) is 17.7. The summed E-state index contributed by atoms with van der Waals surface area (Å²) < 4.78 is 43.0. The van der Waals surface area contributed by atoms with Crippen LogP contribution in [-0.2, 0) is 17.5 Å². The third kappa shape index (κ3) is 5.01. The lowest BCUT2D eigenvalue weighted by Gasteiger charge is -2.15. The number of ether oxygens (including phenoxy) is 1. The molecule has 0 aliphatic carbocycles. The van der Waals surface area contributed by atoms with Gasteiger partial charge in [0.05, 0.1) is 5.56 Å². The summed E-state index contributed by atoms with van der Waals surface area (Å²) in [5.74, 6) is 0.244. The topological polar surface area (TPSA) is 38.3 Å². The predicted molar refractivity (Wildman–Crippen MR) is 84.6 cm³/mol. The van der Waals surface area contributed by atoms with Crippen molar-refractivity contribution in [2.45, 2.75) is 32.7 Å². The maximum atomic E-state index is 12.5. The largest absolute Gasteiger partial charge is 0.481 e. The van der Waals surface area contributed by atoms with Crippen LogP contribution in [0.5, 0.6) is 5.75 Å². The highest BCUT2D eigenvalue weighted by Crippen LogP contribution is 2.29. The number of rotatable bonds is 5. The summed E-state index contributed by atoms with van der Waals surface area (Å²) in [7, 11) is 0. The highest BCUT2D eigenvalue weighted by Gasteiger charge is 2.29. The highest BCUT2D eigenvalue weighted by atomic mass is 19.4. The van der Waals surface area contributed by atoms with Crippen molar-refractivity contribution in [3.63, 3.8) is 0 Å². The molecule has 6 heteroatoms. The van der Waals surface area contributed by atoms with Crippen molar-refractivity contribution in [2.75, 3.05) is 0 Å². The number of halogens is 3. The Balaban J connectivity index is 1.86. The number of benzene rings is 2. The molecule has 0 fully saturated rings. The molecule has 128 valence electrons. The van der Waals surface area contributed by atoms with Gasteiger partial charge in [0, 0.05) is 6.54 Å². The third-order valence-electron chi connectivity index (χ3n) is 3.45. The molecule has 0 aromatic heterocycles. The standard InChI is InChI=1S/C18H18F3NO2/c1-12-3-9-16(10-4-12)24-13(2)17(23)22-11-14-5-7-15(8-6-14)18(19,20)21/h3-10,13H,11H2,1-2H3,(H,22,23). The van der Waals surface area contributed by atoms with E-state index in [-0.39, 0.29) is 12.5 Å². The van der Waals surface area contributed by atoms with Gasteiger partial charge in [-0.1, -0.05) is 29.8 Å². The van der Waals surface area contributed by atoms with E-state index in [1.165, 1.54) is 12.1 Å². The van der Waals surface area contributed by atoms with Crippen molar-refractivity contribution in [3.05, 3.63) is 65.2 Å². The first kappa shape index (κ1) is 17.8. The van der Waals surface area contributed by atoms with Crippen LogP contribution >= 0.6 is 0 Å². The monoisotopic (exact) mass is 337 g/mol. The number of hydrogen-bond acceptors (Lipinski definition) is 2. The van der Waals surface area contributed by atoms with E-state index in [4.69, 9.17) is 4.74 Å². The lowest BCUT2D eigenvalue weighted by atomic mass is 10.1. The summed E-state index contributed by atoms with van der Waals surface area (Å²) in [5, 5.41) is 2.64. The first-order valence-electron chi connectivity index (χ1n) is 7.43. The summed E-state index contributed by atoms with van der Waals surface area (Å²) >= 11 is 0. The van der Waals surface area contributed by atoms with Crippen molar-refractivity contribution in [1.29, 1.82) is 0 Å². The van der Waals surface area contributed by atoms with E-state index in [9.17, 15) is 18.0 Å². The van der Waals surface area contributed by atoms with Gasteiger partial charge in [0.25, 0.3) is 5.91 Å². The maximum Gasteiger partial charge on any atom is 0.416 e. The first-order chi connectivity index (χ1) is 11.3. The van der Waals surface area contributed by atoms with Gasteiger partial charge in [-0.3, -0.25) is 4.79 Å². The first-order valence-corrected chi connectivity index (χ1v) is 7.43. The fourth-order valence-corrected chi connectivity index (χ4v) is 2.02. The van der Waals surface area contributed by atoms with Crippen LogP contribution in [0.2, 0.25) is 0 Å². The smallest absolute Gasteiger partial charge is 0.416 e. The molecule has 0 bridgehead atoms. The molecule has 0 saturated carbocycles. The van der Waals surface area contributed by atoms with Gasteiger partial charge in [0.2, 0.25) is 0 Å². The summed E-state index contributed by atoms with van der Waals surface area (Å²) in [6, 6.07) is 12.0. The second-order valence-corrected chi connectivity index (χ2v) is 5.49. The minimum absolute atomic E-state index is 0.137. The Labute approximate surface area is 138 Å². The molecule has 1 amide bonds. The van der Waals surface area contributed by atoms with Crippen molar-refractivity contribution in [1.82, 2.24) is 5.32 Å². The van der Waals surface area contributed by atoms with Gasteiger partial charge in [0.1, 0.15) is 5.75 Å². The molecule has 2 rings (SSSR count). The van der Waals surface area contributed by atoms with Gasteiger partial charge < -0.3 is 10.1 Å². The van der Waals surface area contributed by atoms with Crippen LogP contribution in [0.1, 0.15) is 23.6 Å². The van der Waals surface area contributed by atoms with E-state index in [1.54, 1.807) is 19.1 Å². The average molecular weight is 337 g/mol. The summed E-state index contributed by atoms with van der Waals surface area (Å²) in [6.07, 6.45) is -5.07. The number of aryl methyl sites for hydroxylation is 1. The Morgan fingerprint density at radius 1 is 1.08 bits per heavy atom. The lowest BCUT2D eigenvalue weighted by Crippen LogP contribution is -2.35. The van der Waals surface area contributed by atoms with Crippen LogP contribution < -0.4 is 10.1 Å². The van der Waals surface area contributed by atoms with Gasteiger partial charge in [0.15, 0.2) is 6.10 Å². The number of carbonyl (C=O) groups is 1. The molecule has 0 radical (unpaired) electrons. The Morgan fingerprint density at radius 3 is 2.21 bits per heavy atom. The van der Waals surface area contributed by atoms with Crippen LogP contribution in [0, 0.1) is 6.92 Å². The fourth-order valence-electron chi connectivity index (χ4n) is 2.02. The van der Waals surface area contributed by atoms with Crippen molar-refractivity contribution < 1.29 is 22.7 Å². The second kappa shape index (κ2) is 7.38. The van der Waals surface area contributed by atoms with E-state index in [2.05, 4.69) is 5.32 Å². The number of amides is 1. The molecule has 0 saturated heterocycles. The Bertz CT molecular complexity index is 679. The number of carbonyl (C=O) groups excluding carboxylic acids is 1. The minimum atomic E-state index is -4.36. The van der Waals surface area contributed by atoms with Crippen molar-refractivity contribution in [2.24, 2.45) is 0 Å². The molecule has 0 aliphatic heterocycles. The zero-order valence-electron chi connectivity index (χ0n) is 13.4. The molecule has 0 heterocycles. The van der Waals surface area contributed by atoms with E-state index in [1.807, 2.05) is 19.1 Å². The van der Waals surface area contributed by atoms with Crippen LogP contribution in [0.15, 0.2) is 48.5 Å². The minimum Gasteiger partial charge on any atom is -0.481 e. The fraction of sp³-hybridized carbons (Fsp3) is 0.278.